The lowest BCUT2D eigenvalue weighted by Gasteiger charge is -2.17. The molecule has 0 atom stereocenters. The van der Waals surface area contributed by atoms with Crippen molar-refractivity contribution in [3.63, 3.8) is 0 Å². The van der Waals surface area contributed by atoms with Gasteiger partial charge in [0, 0.05) is 4.88 Å². The van der Waals surface area contributed by atoms with E-state index in [1.165, 1.54) is 10.4 Å². The fraction of sp³-hybridized carbons (Fsp3) is 0.429. The molecule has 0 N–H and O–H groups in total. The number of fused-ring (bicyclic) bond motifs is 1. The van der Waals surface area contributed by atoms with Crippen molar-refractivity contribution in [2.75, 3.05) is 20.2 Å². The summed E-state index contributed by atoms with van der Waals surface area (Å²) in [6.45, 7) is 13.2. The fourth-order valence-electron chi connectivity index (χ4n) is 3.01. The van der Waals surface area contributed by atoms with Crippen LogP contribution in [0, 0.1) is 20.8 Å². The minimum Gasteiger partial charge on any atom is -0.493 e. The maximum absolute atomic E-state index is 6.26. The van der Waals surface area contributed by atoms with Gasteiger partial charge < -0.3 is 9.47 Å². The average Bonchev–Trinajstić information content (AvgIpc) is 2.95. The Morgan fingerprint density at radius 1 is 1.04 bits per heavy atom. The summed E-state index contributed by atoms with van der Waals surface area (Å²) in [6.07, 6.45) is 0. The van der Waals surface area contributed by atoms with Crippen molar-refractivity contribution in [3.8, 4) is 17.4 Å². The fourth-order valence-corrected chi connectivity index (χ4v) is 4.05. The van der Waals surface area contributed by atoms with Gasteiger partial charge in [-0.15, -0.1) is 11.3 Å². The van der Waals surface area contributed by atoms with E-state index in [0.717, 1.165) is 34.7 Å². The van der Waals surface area contributed by atoms with Gasteiger partial charge in [0.15, 0.2) is 11.5 Å². The number of thiophene rings is 1. The molecule has 144 valence electrons. The van der Waals surface area contributed by atoms with Gasteiger partial charge in [-0.2, -0.15) is 4.98 Å². The molecule has 0 spiro atoms. The van der Waals surface area contributed by atoms with Crippen LogP contribution in [0.1, 0.15) is 35.7 Å². The lowest BCUT2D eigenvalue weighted by atomic mass is 10.2. The first kappa shape index (κ1) is 19.6. The molecule has 0 saturated carbocycles. The first-order valence-corrected chi connectivity index (χ1v) is 10.1. The molecule has 5 nitrogen and oxygen atoms in total. The lowest BCUT2D eigenvalue weighted by Crippen LogP contribution is -2.23. The van der Waals surface area contributed by atoms with Crippen molar-refractivity contribution in [2.24, 2.45) is 0 Å². The molecule has 1 aromatic carbocycles. The molecule has 3 rings (SSSR count). The summed E-state index contributed by atoms with van der Waals surface area (Å²) in [6, 6.07) is 5.91. The lowest BCUT2D eigenvalue weighted by molar-refractivity contribution is 0.287. The van der Waals surface area contributed by atoms with Crippen LogP contribution in [0.4, 0.5) is 0 Å². The van der Waals surface area contributed by atoms with Gasteiger partial charge in [0.1, 0.15) is 10.7 Å². The quantitative estimate of drug-likeness (QED) is 0.555. The molecule has 0 aliphatic carbocycles. The molecule has 0 unspecified atom stereocenters. The molecule has 0 aliphatic rings. The minimum atomic E-state index is 0.603. The maximum Gasteiger partial charge on any atom is 0.231 e. The van der Waals surface area contributed by atoms with Crippen molar-refractivity contribution in [1.82, 2.24) is 14.9 Å². The zero-order chi connectivity index (χ0) is 19.6. The highest BCUT2D eigenvalue weighted by Gasteiger charge is 2.18. The van der Waals surface area contributed by atoms with Crippen molar-refractivity contribution in [1.29, 1.82) is 0 Å². The summed E-state index contributed by atoms with van der Waals surface area (Å²) < 4.78 is 11.8. The van der Waals surface area contributed by atoms with E-state index in [0.29, 0.717) is 23.9 Å². The molecule has 6 heteroatoms. The second-order valence-corrected chi connectivity index (χ2v) is 7.83. The largest absolute Gasteiger partial charge is 0.493 e. The molecule has 0 radical (unpaired) electrons. The summed E-state index contributed by atoms with van der Waals surface area (Å²) in [5.41, 5.74) is 2.29. The van der Waals surface area contributed by atoms with E-state index in [1.807, 2.05) is 25.1 Å². The minimum absolute atomic E-state index is 0.603. The Balaban J connectivity index is 2.09. The molecule has 2 aromatic heterocycles. The number of ether oxygens (including phenoxy) is 2. The highest BCUT2D eigenvalue weighted by atomic mass is 32.1. The van der Waals surface area contributed by atoms with Gasteiger partial charge in [-0.05, 0) is 57.1 Å². The summed E-state index contributed by atoms with van der Waals surface area (Å²) in [7, 11) is 1.66. The van der Waals surface area contributed by atoms with Crippen molar-refractivity contribution < 1.29 is 9.47 Å². The third-order valence-corrected chi connectivity index (χ3v) is 5.93. The molecule has 2 heterocycles. The van der Waals surface area contributed by atoms with E-state index in [1.54, 1.807) is 18.4 Å². The summed E-state index contributed by atoms with van der Waals surface area (Å²) in [4.78, 5) is 14.1. The third kappa shape index (κ3) is 4.06. The average molecular weight is 386 g/mol. The maximum atomic E-state index is 6.26. The number of aromatic nitrogens is 2. The molecule has 27 heavy (non-hydrogen) atoms. The van der Waals surface area contributed by atoms with Crippen LogP contribution in [0.15, 0.2) is 18.2 Å². The van der Waals surface area contributed by atoms with Crippen LogP contribution in [0.25, 0.3) is 10.2 Å². The van der Waals surface area contributed by atoms with E-state index in [2.05, 4.69) is 32.6 Å². The van der Waals surface area contributed by atoms with Crippen LogP contribution in [0.2, 0.25) is 0 Å². The Bertz CT molecular complexity index is 948. The van der Waals surface area contributed by atoms with Crippen LogP contribution in [-0.4, -0.2) is 35.1 Å². The van der Waals surface area contributed by atoms with Gasteiger partial charge in [-0.1, -0.05) is 19.9 Å². The Kier molecular flexibility index (Phi) is 5.97. The Morgan fingerprint density at radius 2 is 1.78 bits per heavy atom. The van der Waals surface area contributed by atoms with Crippen molar-refractivity contribution in [3.05, 3.63) is 40.0 Å². The predicted octanol–water partition coefficient (Wildman–Crippen LogP) is 5.26. The third-order valence-electron chi connectivity index (χ3n) is 4.83. The van der Waals surface area contributed by atoms with Gasteiger partial charge in [0.05, 0.1) is 19.0 Å². The van der Waals surface area contributed by atoms with Crippen LogP contribution in [0.5, 0.6) is 17.4 Å². The molecule has 0 fully saturated rings. The zero-order valence-electron chi connectivity index (χ0n) is 16.9. The van der Waals surface area contributed by atoms with Crippen LogP contribution in [-0.2, 0) is 6.54 Å². The number of methoxy groups -OCH3 is 1. The Morgan fingerprint density at radius 3 is 2.44 bits per heavy atom. The van der Waals surface area contributed by atoms with Gasteiger partial charge in [0.25, 0.3) is 0 Å². The second kappa shape index (κ2) is 8.23. The van der Waals surface area contributed by atoms with Crippen molar-refractivity contribution in [2.45, 2.75) is 41.2 Å². The molecule has 0 bridgehead atoms. The normalized spacial score (nSPS) is 11.4. The summed E-state index contributed by atoms with van der Waals surface area (Å²) >= 11 is 1.69. The van der Waals surface area contributed by atoms with Crippen LogP contribution < -0.4 is 9.47 Å². The van der Waals surface area contributed by atoms with E-state index in [-0.39, 0.29) is 0 Å². The van der Waals surface area contributed by atoms with E-state index in [4.69, 9.17) is 19.4 Å². The molecular formula is C21H27N3O2S. The van der Waals surface area contributed by atoms with Gasteiger partial charge in [-0.25, -0.2) is 4.98 Å². The highest BCUT2D eigenvalue weighted by Crippen LogP contribution is 2.39. The molecular weight excluding hydrogens is 358 g/mol. The molecule has 0 amide bonds. The zero-order valence-corrected chi connectivity index (χ0v) is 17.7. The van der Waals surface area contributed by atoms with Gasteiger partial charge in [-0.3, -0.25) is 4.90 Å². The topological polar surface area (TPSA) is 47.5 Å². The number of nitrogens with zero attached hydrogens (tertiary/aromatic N) is 3. The van der Waals surface area contributed by atoms with E-state index < -0.39 is 0 Å². The first-order chi connectivity index (χ1) is 13.0. The van der Waals surface area contributed by atoms with Crippen LogP contribution >= 0.6 is 11.3 Å². The highest BCUT2D eigenvalue weighted by molar-refractivity contribution is 7.18. The standard InChI is InChI=1S/C21H27N3O2S/c1-7-24(8-2)12-18-22-20(19-14(4)15(5)27-21(19)23-18)26-16-10-9-13(3)11-17(16)25-6/h9-11H,7-8,12H2,1-6H3. The predicted molar refractivity (Wildman–Crippen MR) is 111 cm³/mol. The van der Waals surface area contributed by atoms with Crippen molar-refractivity contribution >= 4 is 21.6 Å². The monoisotopic (exact) mass is 385 g/mol. The number of aryl methyl sites for hydroxylation is 3. The van der Waals surface area contributed by atoms with E-state index >= 15 is 0 Å². The number of benzene rings is 1. The molecule has 0 saturated heterocycles. The van der Waals surface area contributed by atoms with Crippen LogP contribution in [0.3, 0.4) is 0 Å². The second-order valence-electron chi connectivity index (χ2n) is 6.63. The molecule has 3 aromatic rings. The number of hydrogen-bond acceptors (Lipinski definition) is 6. The number of rotatable bonds is 7. The first-order valence-electron chi connectivity index (χ1n) is 9.28. The van der Waals surface area contributed by atoms with E-state index in [9.17, 15) is 0 Å². The SMILES string of the molecule is CCN(CC)Cc1nc(Oc2ccc(C)cc2OC)c2c(C)c(C)sc2n1. The number of hydrogen-bond donors (Lipinski definition) is 0. The summed E-state index contributed by atoms with van der Waals surface area (Å²) in [5.74, 6) is 2.76. The molecule has 0 aliphatic heterocycles. The summed E-state index contributed by atoms with van der Waals surface area (Å²) in [5, 5.41) is 0.989. The Hall–Kier alpha value is -2.18. The Labute approximate surface area is 165 Å². The van der Waals surface area contributed by atoms with Gasteiger partial charge in [0.2, 0.25) is 5.88 Å². The smallest absolute Gasteiger partial charge is 0.231 e. The van der Waals surface area contributed by atoms with Gasteiger partial charge >= 0.3 is 0 Å².